The van der Waals surface area contributed by atoms with Gasteiger partial charge in [0.25, 0.3) is 0 Å². The molecule has 0 aromatic carbocycles. The number of rotatable bonds is 3. The molecule has 8 heteroatoms. The van der Waals surface area contributed by atoms with Gasteiger partial charge in [-0.1, -0.05) is 40.9 Å². The first-order valence-corrected chi connectivity index (χ1v) is 9.40. The topological polar surface area (TPSA) is 9.26 Å². The van der Waals surface area contributed by atoms with E-state index in [2.05, 4.69) is 14.0 Å². The van der Waals surface area contributed by atoms with Gasteiger partial charge in [0.05, 0.1) is 5.70 Å². The van der Waals surface area contributed by atoms with Crippen molar-refractivity contribution in [3.8, 4) is 0 Å². The van der Waals surface area contributed by atoms with E-state index in [4.69, 9.17) is 46.6 Å². The summed E-state index contributed by atoms with van der Waals surface area (Å²) in [5.41, 5.74) is 0.782. The van der Waals surface area contributed by atoms with E-state index in [9.17, 15) is 0 Å². The largest absolute Gasteiger partial charge is 0.320 e. The third-order valence-electron chi connectivity index (χ3n) is 3.15. The maximum absolute atomic E-state index is 6.05. The maximum Gasteiger partial charge on any atom is 0.230 e. The fourth-order valence-corrected chi connectivity index (χ4v) is 7.46. The van der Waals surface area contributed by atoms with Gasteiger partial charge in [0.2, 0.25) is 3.79 Å². The molecule has 0 N–H and O–H groups in total. The second-order valence-electron chi connectivity index (χ2n) is 4.42. The van der Waals surface area contributed by atoms with Gasteiger partial charge in [0.15, 0.2) is 6.49 Å². The minimum Gasteiger partial charge on any atom is -0.320 e. The van der Waals surface area contributed by atoms with Crippen LogP contribution in [0.1, 0.15) is 6.42 Å². The van der Waals surface area contributed by atoms with Gasteiger partial charge >= 0.3 is 0 Å². The highest BCUT2D eigenvalue weighted by atomic mass is 35.6. The average Bonchev–Trinajstić information content (AvgIpc) is 3.11. The molecular formula is C9H13Cl3N3PS. The molecule has 3 heterocycles. The predicted octanol–water partition coefficient (Wildman–Crippen LogP) is 2.80. The summed E-state index contributed by atoms with van der Waals surface area (Å²) in [6.45, 7) is 3.38. The van der Waals surface area contributed by atoms with Crippen LogP contribution in [-0.2, 0) is 11.8 Å². The first-order chi connectivity index (χ1) is 7.94. The molecule has 0 atom stereocenters. The minimum absolute atomic E-state index is 0.782. The van der Waals surface area contributed by atoms with Crippen LogP contribution in [-0.4, -0.2) is 50.5 Å². The normalized spacial score (nSPS) is 26.3. The first kappa shape index (κ1) is 13.0. The molecule has 3 aliphatic rings. The van der Waals surface area contributed by atoms with Gasteiger partial charge in [0, 0.05) is 32.7 Å². The Morgan fingerprint density at radius 1 is 1.06 bits per heavy atom. The van der Waals surface area contributed by atoms with Crippen LogP contribution in [0.5, 0.6) is 0 Å². The van der Waals surface area contributed by atoms with Gasteiger partial charge in [0.1, 0.15) is 0 Å². The van der Waals surface area contributed by atoms with Crippen molar-refractivity contribution < 1.29 is 0 Å². The molecule has 3 nitrogen and oxygen atoms in total. The molecule has 0 unspecified atom stereocenters. The van der Waals surface area contributed by atoms with E-state index in [1.165, 1.54) is 0 Å². The van der Waals surface area contributed by atoms with Crippen molar-refractivity contribution in [3.05, 3.63) is 11.8 Å². The molecule has 0 aliphatic carbocycles. The van der Waals surface area contributed by atoms with Crippen molar-refractivity contribution in [3.63, 3.8) is 0 Å². The van der Waals surface area contributed by atoms with E-state index < -0.39 is 10.3 Å². The van der Waals surface area contributed by atoms with E-state index in [0.717, 1.165) is 44.8 Å². The fourth-order valence-electron chi connectivity index (χ4n) is 2.18. The lowest BCUT2D eigenvalue weighted by atomic mass is 10.4. The highest BCUT2D eigenvalue weighted by Crippen LogP contribution is 2.66. The zero-order valence-electron chi connectivity index (χ0n) is 9.15. The lowest BCUT2D eigenvalue weighted by Gasteiger charge is -2.39. The van der Waals surface area contributed by atoms with Crippen molar-refractivity contribution in [1.29, 1.82) is 0 Å². The molecule has 0 amide bonds. The van der Waals surface area contributed by atoms with E-state index in [-0.39, 0.29) is 0 Å². The molecule has 3 rings (SSSR count). The first-order valence-electron chi connectivity index (χ1n) is 5.60. The number of alkyl halides is 3. The smallest absolute Gasteiger partial charge is 0.230 e. The van der Waals surface area contributed by atoms with Crippen LogP contribution in [0.4, 0.5) is 0 Å². The zero-order valence-corrected chi connectivity index (χ0v) is 13.1. The van der Waals surface area contributed by atoms with Crippen molar-refractivity contribution in [2.24, 2.45) is 0 Å². The molecule has 0 bridgehead atoms. The Hall–Kier alpha value is 0.980. The highest BCUT2D eigenvalue weighted by Gasteiger charge is 2.51. The Balaban J connectivity index is 1.92. The molecule has 2 saturated heterocycles. The van der Waals surface area contributed by atoms with Gasteiger partial charge in [-0.3, -0.25) is 0 Å². The standard InChI is InChI=1S/C9H13Cl3N3PS/c10-9(11,12)8-2-1-3-15(8)16(17,13-4-5-13)14-6-7-14/h2H,1,3-7H2. The van der Waals surface area contributed by atoms with Crippen LogP contribution >= 0.6 is 41.3 Å². The summed E-state index contributed by atoms with van der Waals surface area (Å²) in [5.74, 6) is 0. The van der Waals surface area contributed by atoms with Crippen LogP contribution in [0.2, 0.25) is 0 Å². The number of nitrogens with zero attached hydrogens (tertiary/aromatic N) is 3. The van der Waals surface area contributed by atoms with Crippen molar-refractivity contribution in [2.45, 2.75) is 10.2 Å². The Labute approximate surface area is 121 Å². The quantitative estimate of drug-likeness (QED) is 0.446. The van der Waals surface area contributed by atoms with Crippen LogP contribution in [0.15, 0.2) is 11.8 Å². The Bertz CT molecular complexity index is 398. The summed E-state index contributed by atoms with van der Waals surface area (Å²) < 4.78 is 5.54. The molecule has 96 valence electrons. The van der Waals surface area contributed by atoms with Crippen LogP contribution < -0.4 is 0 Å². The van der Waals surface area contributed by atoms with E-state index in [1.807, 2.05) is 6.08 Å². The van der Waals surface area contributed by atoms with E-state index in [0.29, 0.717) is 0 Å². The van der Waals surface area contributed by atoms with E-state index >= 15 is 0 Å². The van der Waals surface area contributed by atoms with Gasteiger partial charge in [-0.05, 0) is 18.2 Å². The molecule has 0 spiro atoms. The van der Waals surface area contributed by atoms with Crippen molar-refractivity contribution in [2.75, 3.05) is 32.7 Å². The van der Waals surface area contributed by atoms with Crippen molar-refractivity contribution >= 4 is 53.1 Å². The minimum atomic E-state index is -1.83. The highest BCUT2D eigenvalue weighted by molar-refractivity contribution is 8.11. The Kier molecular flexibility index (Phi) is 3.24. The fraction of sp³-hybridized carbons (Fsp3) is 0.778. The lowest BCUT2D eigenvalue weighted by Crippen LogP contribution is -2.29. The van der Waals surface area contributed by atoms with Gasteiger partial charge in [-0.25, -0.2) is 9.34 Å². The van der Waals surface area contributed by atoms with Crippen LogP contribution in [0.3, 0.4) is 0 Å². The summed E-state index contributed by atoms with van der Waals surface area (Å²) >= 11 is 24.1. The van der Waals surface area contributed by atoms with Gasteiger partial charge < -0.3 is 4.67 Å². The van der Waals surface area contributed by atoms with Crippen molar-refractivity contribution in [1.82, 2.24) is 14.0 Å². The van der Waals surface area contributed by atoms with Gasteiger partial charge in [-0.15, -0.1) is 0 Å². The predicted molar refractivity (Wildman–Crippen MR) is 77.1 cm³/mol. The molecular weight excluding hydrogens is 320 g/mol. The Morgan fingerprint density at radius 3 is 2.00 bits per heavy atom. The summed E-state index contributed by atoms with van der Waals surface area (Å²) in [4.78, 5) is 0. The molecule has 0 saturated carbocycles. The SMILES string of the molecule is S=P(N1CC1)(N1CC1)N1CCC=C1C(Cl)(Cl)Cl. The van der Waals surface area contributed by atoms with Gasteiger partial charge in [-0.2, -0.15) is 0 Å². The second-order valence-corrected chi connectivity index (χ2v) is 10.8. The number of hydrogen-bond acceptors (Lipinski definition) is 1. The molecule has 0 aromatic rings. The molecule has 0 aromatic heterocycles. The summed E-state index contributed by atoms with van der Waals surface area (Å²) in [7, 11) is 0. The maximum atomic E-state index is 6.05. The summed E-state index contributed by atoms with van der Waals surface area (Å²) in [6.07, 6.45) is 2.93. The molecule has 2 fully saturated rings. The molecule has 17 heavy (non-hydrogen) atoms. The summed E-state index contributed by atoms with van der Waals surface area (Å²) in [5, 5.41) is 0. The third kappa shape index (κ3) is 2.27. The number of hydrogen-bond donors (Lipinski definition) is 0. The molecule has 0 radical (unpaired) electrons. The molecule has 3 aliphatic heterocycles. The second kappa shape index (κ2) is 4.24. The Morgan fingerprint density at radius 2 is 1.59 bits per heavy atom. The number of halogens is 3. The monoisotopic (exact) mass is 331 g/mol. The zero-order chi connectivity index (χ0) is 12.3. The van der Waals surface area contributed by atoms with Crippen LogP contribution in [0, 0.1) is 0 Å². The van der Waals surface area contributed by atoms with E-state index in [1.54, 1.807) is 0 Å². The van der Waals surface area contributed by atoms with Crippen LogP contribution in [0.25, 0.3) is 0 Å². The third-order valence-corrected chi connectivity index (χ3v) is 9.02. The summed E-state index contributed by atoms with van der Waals surface area (Å²) in [6, 6.07) is 0. The lowest BCUT2D eigenvalue weighted by molar-refractivity contribution is 0.536. The average molecular weight is 333 g/mol. The number of allylic oxidation sites excluding steroid dienone is 1.